The molecule has 5 heteroatoms. The maximum atomic E-state index is 9.01. The van der Waals surface area contributed by atoms with Crippen LogP contribution in [-0.2, 0) is 6.54 Å². The van der Waals surface area contributed by atoms with Gasteiger partial charge in [-0.3, -0.25) is 4.90 Å². The van der Waals surface area contributed by atoms with E-state index < -0.39 is 0 Å². The number of hydrogen-bond donors (Lipinski definition) is 1. The number of nitrogens with zero attached hydrogens (tertiary/aromatic N) is 1. The summed E-state index contributed by atoms with van der Waals surface area (Å²) < 4.78 is 2.44. The first-order valence-electron chi connectivity index (χ1n) is 5.73. The van der Waals surface area contributed by atoms with E-state index in [0.717, 1.165) is 24.1 Å². The van der Waals surface area contributed by atoms with E-state index in [0.29, 0.717) is 0 Å². The Hall–Kier alpha value is -0.130. The number of hydrogen-bond acceptors (Lipinski definition) is 3. The van der Waals surface area contributed by atoms with Gasteiger partial charge in [0.25, 0.3) is 0 Å². The molecular formula is C13H17BrClNOS. The van der Waals surface area contributed by atoms with Crippen molar-refractivity contribution in [3.8, 4) is 0 Å². The van der Waals surface area contributed by atoms with Gasteiger partial charge in [-0.2, -0.15) is 0 Å². The average Bonchev–Trinajstić information content (AvgIpc) is 2.71. The molecule has 0 aliphatic heterocycles. The molecule has 1 N–H and O–H groups in total. The van der Waals surface area contributed by atoms with Gasteiger partial charge in [-0.25, -0.2) is 0 Å². The van der Waals surface area contributed by atoms with E-state index >= 15 is 0 Å². The molecular weight excluding hydrogens is 334 g/mol. The standard InChI is InChI=1S/C13H16BrNOS.ClH/c1-2-15(5-6-16)8-10-9-17-13-4-3-11(14)7-12(10)13;/h3-4,7,9,16H,2,5-6,8H2,1H3;1H. The predicted octanol–water partition coefficient (Wildman–Crippen LogP) is 3.90. The third-order valence-electron chi connectivity index (χ3n) is 2.87. The summed E-state index contributed by atoms with van der Waals surface area (Å²) in [7, 11) is 0. The summed E-state index contributed by atoms with van der Waals surface area (Å²) in [5.74, 6) is 0. The van der Waals surface area contributed by atoms with Crippen LogP contribution in [0.15, 0.2) is 28.1 Å². The lowest BCUT2D eigenvalue weighted by Gasteiger charge is -2.18. The third-order valence-corrected chi connectivity index (χ3v) is 4.38. The molecule has 0 atom stereocenters. The maximum Gasteiger partial charge on any atom is 0.0558 e. The van der Waals surface area contributed by atoms with Crippen molar-refractivity contribution in [2.24, 2.45) is 0 Å². The SMILES string of the molecule is CCN(CCO)Cc1csc2ccc(Br)cc12.Cl. The van der Waals surface area contributed by atoms with Crippen molar-refractivity contribution in [1.29, 1.82) is 0 Å². The molecule has 18 heavy (non-hydrogen) atoms. The topological polar surface area (TPSA) is 23.5 Å². The van der Waals surface area contributed by atoms with Crippen molar-refractivity contribution < 1.29 is 5.11 Å². The lowest BCUT2D eigenvalue weighted by atomic mass is 10.1. The van der Waals surface area contributed by atoms with Gasteiger partial charge in [0, 0.05) is 22.3 Å². The molecule has 2 nitrogen and oxygen atoms in total. The zero-order chi connectivity index (χ0) is 12.3. The van der Waals surface area contributed by atoms with E-state index in [4.69, 9.17) is 5.11 Å². The van der Waals surface area contributed by atoms with Crippen LogP contribution < -0.4 is 0 Å². The molecule has 0 amide bonds. The van der Waals surface area contributed by atoms with Gasteiger partial charge in [-0.05, 0) is 41.1 Å². The van der Waals surface area contributed by atoms with Crippen molar-refractivity contribution in [3.05, 3.63) is 33.6 Å². The highest BCUT2D eigenvalue weighted by atomic mass is 79.9. The molecule has 1 heterocycles. The van der Waals surface area contributed by atoms with Crippen LogP contribution in [0.1, 0.15) is 12.5 Å². The molecule has 0 radical (unpaired) electrons. The lowest BCUT2D eigenvalue weighted by Crippen LogP contribution is -2.25. The maximum absolute atomic E-state index is 9.01. The number of thiophene rings is 1. The summed E-state index contributed by atoms with van der Waals surface area (Å²) in [6.07, 6.45) is 0. The quantitative estimate of drug-likeness (QED) is 0.884. The minimum absolute atomic E-state index is 0. The van der Waals surface area contributed by atoms with Gasteiger partial charge in [0.1, 0.15) is 0 Å². The zero-order valence-electron chi connectivity index (χ0n) is 10.2. The smallest absolute Gasteiger partial charge is 0.0558 e. The number of aliphatic hydroxyl groups excluding tert-OH is 1. The van der Waals surface area contributed by atoms with Gasteiger partial charge in [0.2, 0.25) is 0 Å². The minimum atomic E-state index is 0. The Kier molecular flexibility index (Phi) is 6.60. The second-order valence-corrected chi connectivity index (χ2v) is 5.82. The average molecular weight is 351 g/mol. The van der Waals surface area contributed by atoms with Crippen LogP contribution in [0.4, 0.5) is 0 Å². The van der Waals surface area contributed by atoms with E-state index in [1.807, 2.05) is 0 Å². The fraction of sp³-hybridized carbons (Fsp3) is 0.385. The number of fused-ring (bicyclic) bond motifs is 1. The first-order valence-corrected chi connectivity index (χ1v) is 7.40. The molecule has 0 bridgehead atoms. The molecule has 1 aromatic carbocycles. The molecule has 0 aliphatic carbocycles. The molecule has 0 aliphatic rings. The molecule has 2 aromatic rings. The van der Waals surface area contributed by atoms with Gasteiger partial charge in [-0.1, -0.05) is 22.9 Å². The van der Waals surface area contributed by atoms with Crippen LogP contribution >= 0.6 is 39.7 Å². The van der Waals surface area contributed by atoms with Gasteiger partial charge in [0.05, 0.1) is 6.61 Å². The second-order valence-electron chi connectivity index (χ2n) is 3.99. The number of benzene rings is 1. The van der Waals surface area contributed by atoms with Crippen LogP contribution in [0.25, 0.3) is 10.1 Å². The molecule has 0 unspecified atom stereocenters. The highest BCUT2D eigenvalue weighted by Gasteiger charge is 2.08. The number of aliphatic hydroxyl groups is 1. The lowest BCUT2D eigenvalue weighted by molar-refractivity contribution is 0.197. The number of halogens is 2. The third kappa shape index (κ3) is 3.68. The van der Waals surface area contributed by atoms with Crippen molar-refractivity contribution >= 4 is 49.8 Å². The van der Waals surface area contributed by atoms with Crippen LogP contribution in [0.3, 0.4) is 0 Å². The zero-order valence-corrected chi connectivity index (χ0v) is 13.4. The summed E-state index contributed by atoms with van der Waals surface area (Å²) >= 11 is 5.30. The van der Waals surface area contributed by atoms with Crippen LogP contribution in [0.2, 0.25) is 0 Å². The van der Waals surface area contributed by atoms with E-state index in [1.54, 1.807) is 11.3 Å². The molecule has 0 fully saturated rings. The molecule has 1 aromatic heterocycles. The fourth-order valence-electron chi connectivity index (χ4n) is 1.91. The predicted molar refractivity (Wildman–Crippen MR) is 84.8 cm³/mol. The number of likely N-dealkylation sites (N-methyl/N-ethyl adjacent to an activating group) is 1. The highest BCUT2D eigenvalue weighted by Crippen LogP contribution is 2.29. The largest absolute Gasteiger partial charge is 0.395 e. The van der Waals surface area contributed by atoms with Gasteiger partial charge < -0.3 is 5.11 Å². The van der Waals surface area contributed by atoms with Crippen LogP contribution in [0, 0.1) is 0 Å². The molecule has 0 saturated heterocycles. The minimum Gasteiger partial charge on any atom is -0.395 e. The van der Waals surface area contributed by atoms with Crippen molar-refractivity contribution in [3.63, 3.8) is 0 Å². The molecule has 0 spiro atoms. The Morgan fingerprint density at radius 1 is 1.39 bits per heavy atom. The summed E-state index contributed by atoms with van der Waals surface area (Å²) in [6.45, 7) is 4.96. The first kappa shape index (κ1) is 15.9. The molecule has 100 valence electrons. The highest BCUT2D eigenvalue weighted by molar-refractivity contribution is 9.10. The van der Waals surface area contributed by atoms with Gasteiger partial charge in [0.15, 0.2) is 0 Å². The van der Waals surface area contributed by atoms with Crippen LogP contribution in [-0.4, -0.2) is 29.7 Å². The normalized spacial score (nSPS) is 10.9. The van der Waals surface area contributed by atoms with Crippen LogP contribution in [0.5, 0.6) is 0 Å². The first-order chi connectivity index (χ1) is 8.24. The Morgan fingerprint density at radius 2 is 2.17 bits per heavy atom. The molecule has 2 rings (SSSR count). The Balaban J connectivity index is 0.00000162. The summed E-state index contributed by atoms with van der Waals surface area (Å²) in [4.78, 5) is 2.25. The number of rotatable bonds is 5. The fourth-order valence-corrected chi connectivity index (χ4v) is 3.20. The Labute approximate surface area is 126 Å². The van der Waals surface area contributed by atoms with Gasteiger partial charge in [-0.15, -0.1) is 23.7 Å². The summed E-state index contributed by atoms with van der Waals surface area (Å²) in [5.41, 5.74) is 1.35. The van der Waals surface area contributed by atoms with E-state index in [-0.39, 0.29) is 19.0 Å². The second kappa shape index (κ2) is 7.46. The van der Waals surface area contributed by atoms with E-state index in [2.05, 4.69) is 51.3 Å². The monoisotopic (exact) mass is 349 g/mol. The summed E-state index contributed by atoms with van der Waals surface area (Å²) in [5, 5.41) is 12.5. The van der Waals surface area contributed by atoms with Crippen molar-refractivity contribution in [2.75, 3.05) is 19.7 Å². The summed E-state index contributed by atoms with van der Waals surface area (Å²) in [6, 6.07) is 6.40. The Bertz CT molecular complexity index is 503. The van der Waals surface area contributed by atoms with E-state index in [9.17, 15) is 0 Å². The van der Waals surface area contributed by atoms with Gasteiger partial charge >= 0.3 is 0 Å². The van der Waals surface area contributed by atoms with Crippen molar-refractivity contribution in [1.82, 2.24) is 4.90 Å². The Morgan fingerprint density at radius 3 is 2.83 bits per heavy atom. The molecule has 0 saturated carbocycles. The van der Waals surface area contributed by atoms with E-state index in [1.165, 1.54) is 15.6 Å². The van der Waals surface area contributed by atoms with Crippen molar-refractivity contribution in [2.45, 2.75) is 13.5 Å².